The molecule has 0 aliphatic heterocycles. The quantitative estimate of drug-likeness (QED) is 0.258. The number of carbonyl (C=O) groups excluding carboxylic acids is 3. The fourth-order valence-corrected chi connectivity index (χ4v) is 2.11. The highest BCUT2D eigenvalue weighted by Gasteiger charge is 2.32. The molecule has 1 rings (SSSR count). The minimum Gasteiger partial charge on any atom is -0.382 e. The van der Waals surface area contributed by atoms with Crippen LogP contribution in [-0.2, 0) is 25.6 Å². The highest BCUT2D eigenvalue weighted by atomic mass is 16.6. The van der Waals surface area contributed by atoms with Crippen molar-refractivity contribution in [1.29, 1.82) is 0 Å². The zero-order chi connectivity index (χ0) is 19.5. The van der Waals surface area contributed by atoms with Crippen molar-refractivity contribution in [1.82, 2.24) is 16.1 Å². The van der Waals surface area contributed by atoms with Crippen molar-refractivity contribution >= 4 is 23.4 Å². The average molecular weight is 367 g/mol. The van der Waals surface area contributed by atoms with E-state index in [0.29, 0.717) is 11.3 Å². The van der Waals surface area contributed by atoms with E-state index in [2.05, 4.69) is 21.4 Å². The van der Waals surface area contributed by atoms with E-state index in [1.165, 1.54) is 14.2 Å². The first kappa shape index (κ1) is 21.0. The number of likely N-dealkylation sites (N-methyl/N-ethyl adjacent to an activating group) is 1. The summed E-state index contributed by atoms with van der Waals surface area (Å²) in [6.07, 6.45) is -1.84. The van der Waals surface area contributed by atoms with Crippen LogP contribution in [0, 0.1) is 10.8 Å². The summed E-state index contributed by atoms with van der Waals surface area (Å²) in [5, 5.41) is 17.0. The second-order valence-electron chi connectivity index (χ2n) is 5.22. The minimum absolute atomic E-state index is 0.0136. The van der Waals surface area contributed by atoms with Crippen LogP contribution in [-0.4, -0.2) is 49.6 Å². The van der Waals surface area contributed by atoms with E-state index < -0.39 is 29.7 Å². The molecule has 0 aliphatic carbocycles. The number of benzene rings is 1. The largest absolute Gasteiger partial charge is 0.382 e. The van der Waals surface area contributed by atoms with Crippen LogP contribution in [0.1, 0.15) is 5.56 Å². The predicted molar refractivity (Wildman–Crippen MR) is 91.3 cm³/mol. The molecule has 1 unspecified atom stereocenters. The van der Waals surface area contributed by atoms with Gasteiger partial charge >= 0.3 is 0 Å². The van der Waals surface area contributed by atoms with Crippen LogP contribution in [0.3, 0.4) is 0 Å². The van der Waals surface area contributed by atoms with Crippen molar-refractivity contribution in [2.75, 3.05) is 26.2 Å². The van der Waals surface area contributed by atoms with Gasteiger partial charge in [-0.2, -0.15) is 0 Å². The maximum atomic E-state index is 12.3. The third kappa shape index (κ3) is 6.45. The van der Waals surface area contributed by atoms with Crippen molar-refractivity contribution in [3.8, 4) is 0 Å². The van der Waals surface area contributed by atoms with Crippen LogP contribution < -0.4 is 21.5 Å². The van der Waals surface area contributed by atoms with Gasteiger partial charge in [0.2, 0.25) is 11.8 Å². The summed E-state index contributed by atoms with van der Waals surface area (Å²) in [5.41, 5.74) is 5.49. The number of aliphatic hydroxyl groups is 1. The first-order chi connectivity index (χ1) is 12.4. The first-order valence-corrected chi connectivity index (χ1v) is 7.59. The number of hydrogen-bond donors (Lipinski definition) is 5. The molecule has 0 aliphatic rings. The van der Waals surface area contributed by atoms with Gasteiger partial charge in [-0.1, -0.05) is 12.1 Å². The summed E-state index contributed by atoms with van der Waals surface area (Å²) in [5.74, 6) is -3.51. The first-order valence-electron chi connectivity index (χ1n) is 7.59. The van der Waals surface area contributed by atoms with Gasteiger partial charge in [-0.15, -0.1) is 4.91 Å². The van der Waals surface area contributed by atoms with Gasteiger partial charge in [0, 0.05) is 7.05 Å². The number of nitroso groups, excluding NO2 is 1. The normalized spacial score (nSPS) is 12.4. The highest BCUT2D eigenvalue weighted by molar-refractivity contribution is 5.91. The van der Waals surface area contributed by atoms with Crippen LogP contribution in [0.15, 0.2) is 29.6 Å². The number of rotatable bonds is 10. The summed E-state index contributed by atoms with van der Waals surface area (Å²) in [7, 11) is 2.86. The molecule has 0 radical (unpaired) electrons. The molecule has 1 aromatic rings. The summed E-state index contributed by atoms with van der Waals surface area (Å²) < 4.78 is 0. The SMILES string of the molecule is CNC(=O)CNC(=O)[C@H](Cc1ccc(NOC)cc1)C(O)C(=O)NN=O. The molecule has 0 spiro atoms. The van der Waals surface area contributed by atoms with Gasteiger partial charge in [0.15, 0.2) is 0 Å². The summed E-state index contributed by atoms with van der Waals surface area (Å²) in [6.45, 7) is -0.317. The van der Waals surface area contributed by atoms with E-state index in [1.54, 1.807) is 29.7 Å². The molecule has 11 nitrogen and oxygen atoms in total. The van der Waals surface area contributed by atoms with E-state index in [0.717, 1.165) is 0 Å². The lowest BCUT2D eigenvalue weighted by molar-refractivity contribution is -0.140. The zero-order valence-corrected chi connectivity index (χ0v) is 14.3. The van der Waals surface area contributed by atoms with Crippen molar-refractivity contribution < 1.29 is 24.3 Å². The van der Waals surface area contributed by atoms with Gasteiger partial charge < -0.3 is 15.7 Å². The van der Waals surface area contributed by atoms with Crippen LogP contribution >= 0.6 is 0 Å². The number of anilines is 1. The van der Waals surface area contributed by atoms with Gasteiger partial charge in [-0.05, 0) is 24.1 Å². The number of aliphatic hydroxyl groups excluding tert-OH is 1. The molecule has 0 fully saturated rings. The topological polar surface area (TPSA) is 158 Å². The van der Waals surface area contributed by atoms with Crippen molar-refractivity contribution in [2.24, 2.45) is 11.2 Å². The van der Waals surface area contributed by atoms with E-state index in [-0.39, 0.29) is 13.0 Å². The third-order valence-electron chi connectivity index (χ3n) is 3.47. The Morgan fingerprint density at radius 2 is 1.85 bits per heavy atom. The Balaban J connectivity index is 2.91. The van der Waals surface area contributed by atoms with E-state index >= 15 is 0 Å². The van der Waals surface area contributed by atoms with E-state index in [1.807, 2.05) is 0 Å². The molecule has 3 amide bonds. The number of nitrogens with one attached hydrogen (secondary N) is 4. The summed E-state index contributed by atoms with van der Waals surface area (Å²) in [6, 6.07) is 6.70. The molecule has 1 aromatic carbocycles. The lowest BCUT2D eigenvalue weighted by atomic mass is 9.92. The number of carbonyl (C=O) groups is 3. The highest BCUT2D eigenvalue weighted by Crippen LogP contribution is 2.16. The maximum absolute atomic E-state index is 12.3. The predicted octanol–water partition coefficient (Wildman–Crippen LogP) is -1.16. The fourth-order valence-electron chi connectivity index (χ4n) is 2.11. The van der Waals surface area contributed by atoms with Gasteiger partial charge in [0.25, 0.3) is 5.91 Å². The minimum atomic E-state index is -1.82. The van der Waals surface area contributed by atoms with Crippen LogP contribution in [0.2, 0.25) is 0 Å². The van der Waals surface area contributed by atoms with Crippen molar-refractivity contribution in [3.63, 3.8) is 0 Å². The Labute approximate surface area is 149 Å². The number of amides is 3. The molecule has 26 heavy (non-hydrogen) atoms. The lowest BCUT2D eigenvalue weighted by Crippen LogP contribution is -2.47. The smallest absolute Gasteiger partial charge is 0.272 e. The Hall–Kier alpha value is -3.05. The van der Waals surface area contributed by atoms with E-state index in [4.69, 9.17) is 4.84 Å². The zero-order valence-electron chi connectivity index (χ0n) is 14.3. The Bertz CT molecular complexity index is 636. The molecule has 5 N–H and O–H groups in total. The molecule has 0 heterocycles. The molecule has 142 valence electrons. The van der Waals surface area contributed by atoms with Gasteiger partial charge in [0.05, 0.1) is 30.5 Å². The maximum Gasteiger partial charge on any atom is 0.272 e. The Morgan fingerprint density at radius 1 is 1.19 bits per heavy atom. The van der Waals surface area contributed by atoms with Crippen molar-refractivity contribution in [3.05, 3.63) is 34.7 Å². The molecule has 0 aromatic heterocycles. The summed E-state index contributed by atoms with van der Waals surface area (Å²) >= 11 is 0. The Morgan fingerprint density at radius 3 is 2.38 bits per heavy atom. The van der Waals surface area contributed by atoms with Crippen LogP contribution in [0.4, 0.5) is 5.69 Å². The Kier molecular flexibility index (Phi) is 8.67. The monoisotopic (exact) mass is 367 g/mol. The van der Waals surface area contributed by atoms with Crippen molar-refractivity contribution in [2.45, 2.75) is 12.5 Å². The molecular weight excluding hydrogens is 346 g/mol. The third-order valence-corrected chi connectivity index (χ3v) is 3.47. The van der Waals surface area contributed by atoms with E-state index in [9.17, 15) is 24.4 Å². The standard InChI is InChI=1S/C15H21N5O6/c1-16-12(21)8-17-14(23)11(13(22)15(24)18-20-25)7-9-3-5-10(6-4-9)19-26-2/h3-6,11,13,19,22H,7-8H2,1-2H3,(H,16,21)(H,17,23)(H,18,24,25)/t11-,13?/m1/s1. The molecule has 2 atom stereocenters. The summed E-state index contributed by atoms with van der Waals surface area (Å²) in [4.78, 5) is 50.2. The van der Waals surface area contributed by atoms with Gasteiger partial charge in [0.1, 0.15) is 6.10 Å². The number of hydrogen-bond acceptors (Lipinski definition) is 8. The molecule has 0 saturated carbocycles. The lowest BCUT2D eigenvalue weighted by Gasteiger charge is -2.20. The van der Waals surface area contributed by atoms with Crippen LogP contribution in [0.25, 0.3) is 0 Å². The molecule has 0 bridgehead atoms. The second kappa shape index (κ2) is 10.7. The molecule has 11 heteroatoms. The molecular formula is C15H21N5O6. The van der Waals surface area contributed by atoms with Crippen LogP contribution in [0.5, 0.6) is 0 Å². The number of nitrogens with zero attached hydrogens (tertiary/aromatic N) is 1. The fraction of sp³-hybridized carbons (Fsp3) is 0.400. The second-order valence-corrected chi connectivity index (χ2v) is 5.22. The van der Waals surface area contributed by atoms with Gasteiger partial charge in [-0.3, -0.25) is 24.7 Å². The average Bonchev–Trinajstić information content (AvgIpc) is 2.65. The molecule has 0 saturated heterocycles. The van der Waals surface area contributed by atoms with Gasteiger partial charge in [-0.25, -0.2) is 5.43 Å².